The van der Waals surface area contributed by atoms with Crippen molar-refractivity contribution in [3.05, 3.63) is 0 Å². The molecular weight excluding hydrogens is 190 g/mol. The molecule has 0 rings (SSSR count). The van der Waals surface area contributed by atoms with E-state index in [9.17, 15) is 4.79 Å². The number of carbonyl (C=O) groups excluding carboxylic acids is 1. The summed E-state index contributed by atoms with van der Waals surface area (Å²) in [6.07, 6.45) is 3.32. The standard InChI is InChI=1S/C11H25N3O/c1-4-7-9(13)10(15)14-11(5-2,6-3)8-12/h9H,4-8,12-13H2,1-3H3,(H,14,15). The third kappa shape index (κ3) is 4.18. The minimum absolute atomic E-state index is 0.0778. The van der Waals surface area contributed by atoms with E-state index in [0.29, 0.717) is 6.54 Å². The molecule has 15 heavy (non-hydrogen) atoms. The van der Waals surface area contributed by atoms with Crippen LogP contribution in [0.5, 0.6) is 0 Å². The van der Waals surface area contributed by atoms with E-state index in [4.69, 9.17) is 11.5 Å². The van der Waals surface area contributed by atoms with Crippen molar-refractivity contribution in [3.8, 4) is 0 Å². The van der Waals surface area contributed by atoms with E-state index in [1.807, 2.05) is 20.8 Å². The van der Waals surface area contributed by atoms with Crippen LogP contribution in [0.25, 0.3) is 0 Å². The molecule has 0 aliphatic heterocycles. The summed E-state index contributed by atoms with van der Waals surface area (Å²) < 4.78 is 0. The molecule has 5 N–H and O–H groups in total. The Kier molecular flexibility index (Phi) is 6.52. The van der Waals surface area contributed by atoms with Crippen molar-refractivity contribution in [2.45, 2.75) is 58.0 Å². The van der Waals surface area contributed by atoms with E-state index in [2.05, 4.69) is 5.32 Å². The summed E-state index contributed by atoms with van der Waals surface area (Å²) in [6.45, 7) is 6.54. The van der Waals surface area contributed by atoms with Crippen molar-refractivity contribution in [2.75, 3.05) is 6.54 Å². The molecular formula is C11H25N3O. The van der Waals surface area contributed by atoms with E-state index in [1.165, 1.54) is 0 Å². The smallest absolute Gasteiger partial charge is 0.237 e. The molecule has 0 saturated carbocycles. The maximum Gasteiger partial charge on any atom is 0.237 e. The molecule has 0 spiro atoms. The van der Waals surface area contributed by atoms with Gasteiger partial charge in [0.2, 0.25) is 5.91 Å². The van der Waals surface area contributed by atoms with Crippen molar-refractivity contribution < 1.29 is 4.79 Å². The Hall–Kier alpha value is -0.610. The number of nitrogens with one attached hydrogen (secondary N) is 1. The third-order valence-corrected chi connectivity index (χ3v) is 3.07. The van der Waals surface area contributed by atoms with Crippen LogP contribution in [0.1, 0.15) is 46.5 Å². The minimum Gasteiger partial charge on any atom is -0.348 e. The van der Waals surface area contributed by atoms with Gasteiger partial charge in [-0.25, -0.2) is 0 Å². The van der Waals surface area contributed by atoms with Gasteiger partial charge in [-0.2, -0.15) is 0 Å². The molecule has 0 aromatic carbocycles. The highest BCUT2D eigenvalue weighted by atomic mass is 16.2. The van der Waals surface area contributed by atoms with Gasteiger partial charge in [0.05, 0.1) is 11.6 Å². The first-order chi connectivity index (χ1) is 7.05. The number of amides is 1. The first-order valence-electron chi connectivity index (χ1n) is 5.82. The molecule has 0 fully saturated rings. The molecule has 1 unspecified atom stereocenters. The Bertz CT molecular complexity index is 182. The summed E-state index contributed by atoms with van der Waals surface area (Å²) >= 11 is 0. The SMILES string of the molecule is CCCC(N)C(=O)NC(CC)(CC)CN. The summed E-state index contributed by atoms with van der Waals surface area (Å²) in [4.78, 5) is 11.7. The van der Waals surface area contributed by atoms with Crippen molar-refractivity contribution >= 4 is 5.91 Å². The van der Waals surface area contributed by atoms with E-state index in [0.717, 1.165) is 25.7 Å². The van der Waals surface area contributed by atoms with Gasteiger partial charge in [-0.3, -0.25) is 4.79 Å². The summed E-state index contributed by atoms with van der Waals surface area (Å²) in [5.41, 5.74) is 11.2. The lowest BCUT2D eigenvalue weighted by Crippen LogP contribution is -2.56. The Labute approximate surface area is 92.8 Å². The zero-order valence-corrected chi connectivity index (χ0v) is 10.2. The molecule has 0 bridgehead atoms. The number of nitrogens with two attached hydrogens (primary N) is 2. The molecule has 0 heterocycles. The molecule has 4 heteroatoms. The summed E-state index contributed by atoms with van der Waals surface area (Å²) in [7, 11) is 0. The molecule has 0 radical (unpaired) electrons. The fourth-order valence-corrected chi connectivity index (χ4v) is 1.56. The fourth-order valence-electron chi connectivity index (χ4n) is 1.56. The molecule has 0 aromatic rings. The van der Waals surface area contributed by atoms with Crippen LogP contribution >= 0.6 is 0 Å². The van der Waals surface area contributed by atoms with Gasteiger partial charge in [-0.15, -0.1) is 0 Å². The highest BCUT2D eigenvalue weighted by Gasteiger charge is 2.28. The summed E-state index contributed by atoms with van der Waals surface area (Å²) in [5.74, 6) is -0.0778. The van der Waals surface area contributed by atoms with Crippen LogP contribution < -0.4 is 16.8 Å². The summed E-state index contributed by atoms with van der Waals surface area (Å²) in [6, 6.07) is -0.404. The zero-order valence-electron chi connectivity index (χ0n) is 10.2. The van der Waals surface area contributed by atoms with Crippen LogP contribution in [0.15, 0.2) is 0 Å². The second-order valence-corrected chi connectivity index (χ2v) is 4.08. The van der Waals surface area contributed by atoms with Crippen molar-refractivity contribution in [2.24, 2.45) is 11.5 Å². The Balaban J connectivity index is 4.34. The largest absolute Gasteiger partial charge is 0.348 e. The second-order valence-electron chi connectivity index (χ2n) is 4.08. The molecule has 0 aliphatic carbocycles. The lowest BCUT2D eigenvalue weighted by molar-refractivity contribution is -0.124. The van der Waals surface area contributed by atoms with Crippen LogP contribution in [0, 0.1) is 0 Å². The molecule has 90 valence electrons. The molecule has 0 aliphatic rings. The number of hydrogen-bond donors (Lipinski definition) is 3. The highest BCUT2D eigenvalue weighted by molar-refractivity contribution is 5.82. The van der Waals surface area contributed by atoms with Crippen molar-refractivity contribution in [1.82, 2.24) is 5.32 Å². The van der Waals surface area contributed by atoms with Crippen molar-refractivity contribution in [1.29, 1.82) is 0 Å². The van der Waals surface area contributed by atoms with Crippen LogP contribution in [0.4, 0.5) is 0 Å². The normalized spacial score (nSPS) is 13.7. The maximum absolute atomic E-state index is 11.7. The Morgan fingerprint density at radius 1 is 1.33 bits per heavy atom. The molecule has 1 amide bonds. The van der Waals surface area contributed by atoms with Crippen LogP contribution in [-0.4, -0.2) is 24.0 Å². The zero-order chi connectivity index (χ0) is 11.9. The Morgan fingerprint density at radius 2 is 1.87 bits per heavy atom. The average Bonchev–Trinajstić information content (AvgIpc) is 2.26. The average molecular weight is 215 g/mol. The number of rotatable bonds is 7. The molecule has 0 aromatic heterocycles. The van der Waals surface area contributed by atoms with Crippen LogP contribution in [0.3, 0.4) is 0 Å². The van der Waals surface area contributed by atoms with E-state index < -0.39 is 6.04 Å². The predicted octanol–water partition coefficient (Wildman–Crippen LogP) is 0.748. The summed E-state index contributed by atoms with van der Waals surface area (Å²) in [5, 5.41) is 2.98. The van der Waals surface area contributed by atoms with E-state index in [1.54, 1.807) is 0 Å². The predicted molar refractivity (Wildman–Crippen MR) is 63.4 cm³/mol. The van der Waals surface area contributed by atoms with Gasteiger partial charge in [0.25, 0.3) is 0 Å². The lowest BCUT2D eigenvalue weighted by atomic mass is 9.92. The third-order valence-electron chi connectivity index (χ3n) is 3.07. The fraction of sp³-hybridized carbons (Fsp3) is 0.909. The second kappa shape index (κ2) is 6.80. The molecule has 0 saturated heterocycles. The van der Waals surface area contributed by atoms with Gasteiger partial charge in [-0.1, -0.05) is 27.2 Å². The van der Waals surface area contributed by atoms with Gasteiger partial charge in [-0.05, 0) is 19.3 Å². The Morgan fingerprint density at radius 3 is 2.20 bits per heavy atom. The van der Waals surface area contributed by atoms with Gasteiger partial charge in [0.1, 0.15) is 0 Å². The quantitative estimate of drug-likeness (QED) is 0.586. The first-order valence-corrected chi connectivity index (χ1v) is 5.82. The van der Waals surface area contributed by atoms with Gasteiger partial charge in [0.15, 0.2) is 0 Å². The van der Waals surface area contributed by atoms with Gasteiger partial charge in [0, 0.05) is 6.54 Å². The monoisotopic (exact) mass is 215 g/mol. The van der Waals surface area contributed by atoms with E-state index in [-0.39, 0.29) is 11.4 Å². The molecule has 1 atom stereocenters. The van der Waals surface area contributed by atoms with Crippen LogP contribution in [-0.2, 0) is 4.79 Å². The maximum atomic E-state index is 11.7. The molecule has 4 nitrogen and oxygen atoms in total. The first kappa shape index (κ1) is 14.4. The lowest BCUT2D eigenvalue weighted by Gasteiger charge is -2.32. The number of hydrogen-bond acceptors (Lipinski definition) is 3. The number of carbonyl (C=O) groups is 1. The van der Waals surface area contributed by atoms with Gasteiger partial charge >= 0.3 is 0 Å². The van der Waals surface area contributed by atoms with Crippen molar-refractivity contribution in [3.63, 3.8) is 0 Å². The van der Waals surface area contributed by atoms with Crippen LogP contribution in [0.2, 0.25) is 0 Å². The van der Waals surface area contributed by atoms with Gasteiger partial charge < -0.3 is 16.8 Å². The topological polar surface area (TPSA) is 81.1 Å². The highest BCUT2D eigenvalue weighted by Crippen LogP contribution is 2.13. The minimum atomic E-state index is -0.404. The van der Waals surface area contributed by atoms with E-state index >= 15 is 0 Å².